The normalized spacial score (nSPS) is 15.3. The van der Waals surface area contributed by atoms with E-state index in [4.69, 9.17) is 0 Å². The van der Waals surface area contributed by atoms with Crippen molar-refractivity contribution < 1.29 is 4.39 Å². The average molecular weight is 342 g/mol. The van der Waals surface area contributed by atoms with Gasteiger partial charge in [-0.1, -0.05) is 0 Å². The summed E-state index contributed by atoms with van der Waals surface area (Å²) in [7, 11) is 0. The molecule has 1 aromatic carbocycles. The van der Waals surface area contributed by atoms with Gasteiger partial charge in [0, 0.05) is 36.7 Å². The molecule has 6 heteroatoms. The molecular formula is C18H19FN4S. The summed E-state index contributed by atoms with van der Waals surface area (Å²) in [5.41, 5.74) is 2.36. The minimum atomic E-state index is -0.191. The molecule has 0 bridgehead atoms. The van der Waals surface area contributed by atoms with Crippen molar-refractivity contribution in [3.05, 3.63) is 46.9 Å². The van der Waals surface area contributed by atoms with Crippen LogP contribution in [0, 0.1) is 19.7 Å². The SMILES string of the molecule is Cc1sc2ncnc(N3CCN(c4ccc(F)cc4)CC3)c2c1C. The molecule has 0 radical (unpaired) electrons. The van der Waals surface area contributed by atoms with Gasteiger partial charge in [0.25, 0.3) is 0 Å². The zero-order chi connectivity index (χ0) is 16.7. The van der Waals surface area contributed by atoms with Crippen LogP contribution in [0.15, 0.2) is 30.6 Å². The second kappa shape index (κ2) is 6.02. The van der Waals surface area contributed by atoms with Crippen LogP contribution in [0.5, 0.6) is 0 Å². The van der Waals surface area contributed by atoms with E-state index in [0.29, 0.717) is 0 Å². The Balaban J connectivity index is 1.57. The van der Waals surface area contributed by atoms with Crippen molar-refractivity contribution >= 4 is 33.1 Å². The Bertz CT molecular complexity index is 867. The largest absolute Gasteiger partial charge is 0.368 e. The fourth-order valence-corrected chi connectivity index (χ4v) is 4.22. The minimum absolute atomic E-state index is 0.191. The summed E-state index contributed by atoms with van der Waals surface area (Å²) >= 11 is 1.73. The molecule has 2 aromatic heterocycles. The molecule has 0 amide bonds. The maximum atomic E-state index is 13.1. The van der Waals surface area contributed by atoms with Crippen LogP contribution in [-0.2, 0) is 0 Å². The first kappa shape index (κ1) is 15.3. The van der Waals surface area contributed by atoms with Gasteiger partial charge in [0.1, 0.15) is 22.8 Å². The Morgan fingerprint density at radius 3 is 2.33 bits per heavy atom. The van der Waals surface area contributed by atoms with E-state index in [0.717, 1.165) is 42.5 Å². The molecule has 1 fully saturated rings. The third kappa shape index (κ3) is 2.60. The van der Waals surface area contributed by atoms with Gasteiger partial charge in [-0.2, -0.15) is 0 Å². The summed E-state index contributed by atoms with van der Waals surface area (Å²) in [4.78, 5) is 16.0. The van der Waals surface area contributed by atoms with Crippen LogP contribution < -0.4 is 9.80 Å². The number of nitrogens with zero attached hydrogens (tertiary/aromatic N) is 4. The molecule has 0 atom stereocenters. The Labute approximate surface area is 144 Å². The van der Waals surface area contributed by atoms with Crippen LogP contribution in [0.1, 0.15) is 10.4 Å². The van der Waals surface area contributed by atoms with Gasteiger partial charge in [0.15, 0.2) is 0 Å². The first-order valence-electron chi connectivity index (χ1n) is 8.09. The Hall–Kier alpha value is -2.21. The number of aromatic nitrogens is 2. The lowest BCUT2D eigenvalue weighted by Gasteiger charge is -2.37. The molecule has 1 aliphatic heterocycles. The molecular weight excluding hydrogens is 323 g/mol. The highest BCUT2D eigenvalue weighted by Crippen LogP contribution is 2.34. The molecule has 0 N–H and O–H groups in total. The van der Waals surface area contributed by atoms with Crippen LogP contribution in [0.2, 0.25) is 0 Å². The predicted octanol–water partition coefficient (Wildman–Crippen LogP) is 3.77. The molecule has 3 heterocycles. The Morgan fingerprint density at radius 1 is 0.958 bits per heavy atom. The van der Waals surface area contributed by atoms with Gasteiger partial charge in [0.05, 0.1) is 5.39 Å². The molecule has 124 valence electrons. The fraction of sp³-hybridized carbons (Fsp3) is 0.333. The van der Waals surface area contributed by atoms with E-state index in [1.807, 2.05) is 12.1 Å². The zero-order valence-corrected chi connectivity index (χ0v) is 14.6. The standard InChI is InChI=1S/C18H19FN4S/c1-12-13(2)24-18-16(12)17(20-11-21-18)23-9-7-22(8-10-23)15-5-3-14(19)4-6-15/h3-6,11H,7-10H2,1-2H3. The number of rotatable bonds is 2. The lowest BCUT2D eigenvalue weighted by molar-refractivity contribution is 0.624. The van der Waals surface area contributed by atoms with Crippen LogP contribution >= 0.6 is 11.3 Å². The Morgan fingerprint density at radius 2 is 1.62 bits per heavy atom. The predicted molar refractivity (Wildman–Crippen MR) is 97.7 cm³/mol. The summed E-state index contributed by atoms with van der Waals surface area (Å²) in [6, 6.07) is 6.74. The lowest BCUT2D eigenvalue weighted by atomic mass is 10.2. The van der Waals surface area contributed by atoms with E-state index in [-0.39, 0.29) is 5.82 Å². The molecule has 3 aromatic rings. The van der Waals surface area contributed by atoms with Crippen molar-refractivity contribution in [2.45, 2.75) is 13.8 Å². The molecule has 0 spiro atoms. The van der Waals surface area contributed by atoms with E-state index >= 15 is 0 Å². The summed E-state index contributed by atoms with van der Waals surface area (Å²) in [6.45, 7) is 7.89. The number of thiophene rings is 1. The maximum absolute atomic E-state index is 13.1. The molecule has 0 saturated carbocycles. The molecule has 0 aliphatic carbocycles. The molecule has 4 nitrogen and oxygen atoms in total. The average Bonchev–Trinajstić information content (AvgIpc) is 2.90. The summed E-state index contributed by atoms with van der Waals surface area (Å²) in [6.07, 6.45) is 1.67. The second-order valence-corrected chi connectivity index (χ2v) is 7.31. The first-order chi connectivity index (χ1) is 11.6. The molecule has 1 aliphatic rings. The van der Waals surface area contributed by atoms with Crippen molar-refractivity contribution in [1.29, 1.82) is 0 Å². The van der Waals surface area contributed by atoms with E-state index in [1.54, 1.807) is 17.7 Å². The third-order valence-corrected chi connectivity index (χ3v) is 5.83. The molecule has 4 rings (SSSR count). The molecule has 0 unspecified atom stereocenters. The highest BCUT2D eigenvalue weighted by Gasteiger charge is 2.22. The van der Waals surface area contributed by atoms with Gasteiger partial charge in [-0.3, -0.25) is 0 Å². The van der Waals surface area contributed by atoms with Gasteiger partial charge >= 0.3 is 0 Å². The number of fused-ring (bicyclic) bond motifs is 1. The number of anilines is 2. The summed E-state index contributed by atoms with van der Waals surface area (Å²) in [5, 5.41) is 1.19. The highest BCUT2D eigenvalue weighted by atomic mass is 32.1. The monoisotopic (exact) mass is 342 g/mol. The van der Waals surface area contributed by atoms with Crippen molar-refractivity contribution in [3.63, 3.8) is 0 Å². The van der Waals surface area contributed by atoms with Crippen LogP contribution in [0.4, 0.5) is 15.9 Å². The second-order valence-electron chi connectivity index (χ2n) is 6.11. The number of hydrogen-bond donors (Lipinski definition) is 0. The topological polar surface area (TPSA) is 32.3 Å². The van der Waals surface area contributed by atoms with Crippen LogP contribution in [0.3, 0.4) is 0 Å². The van der Waals surface area contributed by atoms with E-state index in [1.165, 1.54) is 28.0 Å². The Kier molecular flexibility index (Phi) is 3.84. The van der Waals surface area contributed by atoms with Crippen LogP contribution in [-0.4, -0.2) is 36.1 Å². The van der Waals surface area contributed by atoms with Gasteiger partial charge < -0.3 is 9.80 Å². The number of piperazine rings is 1. The van der Waals surface area contributed by atoms with Crippen molar-refractivity contribution in [2.75, 3.05) is 36.0 Å². The summed E-state index contributed by atoms with van der Waals surface area (Å²) < 4.78 is 13.1. The number of hydrogen-bond acceptors (Lipinski definition) is 5. The van der Waals surface area contributed by atoms with Crippen molar-refractivity contribution in [2.24, 2.45) is 0 Å². The van der Waals surface area contributed by atoms with Gasteiger partial charge in [-0.05, 0) is 43.7 Å². The summed E-state index contributed by atoms with van der Waals surface area (Å²) in [5.74, 6) is 0.852. The van der Waals surface area contributed by atoms with Crippen molar-refractivity contribution in [3.8, 4) is 0 Å². The fourth-order valence-electron chi connectivity index (χ4n) is 3.23. The number of halogens is 1. The van der Waals surface area contributed by atoms with Gasteiger partial charge in [0.2, 0.25) is 0 Å². The minimum Gasteiger partial charge on any atom is -0.368 e. The molecule has 24 heavy (non-hydrogen) atoms. The van der Waals surface area contributed by atoms with E-state index < -0.39 is 0 Å². The first-order valence-corrected chi connectivity index (χ1v) is 8.91. The van der Waals surface area contributed by atoms with Gasteiger partial charge in [-0.25, -0.2) is 14.4 Å². The van der Waals surface area contributed by atoms with Crippen LogP contribution in [0.25, 0.3) is 10.2 Å². The highest BCUT2D eigenvalue weighted by molar-refractivity contribution is 7.18. The number of aryl methyl sites for hydroxylation is 2. The molecule has 1 saturated heterocycles. The van der Waals surface area contributed by atoms with Gasteiger partial charge in [-0.15, -0.1) is 11.3 Å². The maximum Gasteiger partial charge on any atom is 0.141 e. The lowest BCUT2D eigenvalue weighted by Crippen LogP contribution is -2.46. The quantitative estimate of drug-likeness (QED) is 0.709. The van der Waals surface area contributed by atoms with E-state index in [2.05, 4.69) is 33.6 Å². The third-order valence-electron chi connectivity index (χ3n) is 4.72. The smallest absolute Gasteiger partial charge is 0.141 e. The number of benzene rings is 1. The van der Waals surface area contributed by atoms with E-state index in [9.17, 15) is 4.39 Å². The van der Waals surface area contributed by atoms with Crippen molar-refractivity contribution in [1.82, 2.24) is 9.97 Å². The zero-order valence-electron chi connectivity index (χ0n) is 13.8.